The van der Waals surface area contributed by atoms with Gasteiger partial charge in [-0.15, -0.1) is 22.6 Å². The quantitative estimate of drug-likeness (QED) is 0.770. The number of nitrogens with one attached hydrogen (secondary N) is 2. The van der Waals surface area contributed by atoms with Crippen LogP contribution in [0.1, 0.15) is 29.8 Å². The van der Waals surface area contributed by atoms with Gasteiger partial charge in [-0.1, -0.05) is 23.5 Å². The molecule has 1 atom stereocenters. The van der Waals surface area contributed by atoms with E-state index >= 15 is 0 Å². The number of methoxy groups -OCH3 is 1. The van der Waals surface area contributed by atoms with Crippen LogP contribution < -0.4 is 15.4 Å². The van der Waals surface area contributed by atoms with Crippen LogP contribution in [-0.4, -0.2) is 36.3 Å². The topological polar surface area (TPSA) is 76.1 Å². The average Bonchev–Trinajstić information content (AvgIpc) is 3.25. The molecule has 1 saturated heterocycles. The first kappa shape index (κ1) is 19.6. The Morgan fingerprint density at radius 1 is 1.44 bits per heavy atom. The number of carbonyl (C=O) groups is 1. The van der Waals surface area contributed by atoms with Gasteiger partial charge in [0.05, 0.1) is 7.11 Å². The Kier molecular flexibility index (Phi) is 7.61. The fourth-order valence-electron chi connectivity index (χ4n) is 2.81. The van der Waals surface area contributed by atoms with Gasteiger partial charge in [-0.2, -0.15) is 0 Å². The van der Waals surface area contributed by atoms with Crippen LogP contribution in [-0.2, 0) is 11.2 Å². The summed E-state index contributed by atoms with van der Waals surface area (Å²) in [4.78, 5) is 12.0. The van der Waals surface area contributed by atoms with E-state index < -0.39 is 0 Å². The zero-order chi connectivity index (χ0) is 16.8. The van der Waals surface area contributed by atoms with Gasteiger partial charge in [0.2, 0.25) is 11.0 Å². The van der Waals surface area contributed by atoms with E-state index in [1.807, 2.05) is 24.3 Å². The van der Waals surface area contributed by atoms with Gasteiger partial charge in [0.15, 0.2) is 0 Å². The minimum atomic E-state index is 0. The number of anilines is 1. The number of amides is 1. The summed E-state index contributed by atoms with van der Waals surface area (Å²) in [5.74, 6) is 1.46. The zero-order valence-corrected chi connectivity index (χ0v) is 15.8. The summed E-state index contributed by atoms with van der Waals surface area (Å²) in [5, 5.41) is 15.8. The second-order valence-corrected chi connectivity index (χ2v) is 7.04. The van der Waals surface area contributed by atoms with Crippen LogP contribution in [0.15, 0.2) is 24.3 Å². The molecule has 1 unspecified atom stereocenters. The van der Waals surface area contributed by atoms with E-state index in [1.54, 1.807) is 7.11 Å². The number of ether oxygens (including phenoxy) is 1. The first-order valence-electron chi connectivity index (χ1n) is 8.19. The molecule has 6 nitrogen and oxygen atoms in total. The van der Waals surface area contributed by atoms with Crippen molar-refractivity contribution in [3.8, 4) is 5.75 Å². The molecule has 0 bridgehead atoms. The van der Waals surface area contributed by atoms with Crippen LogP contribution in [0.4, 0.5) is 5.13 Å². The summed E-state index contributed by atoms with van der Waals surface area (Å²) in [5.41, 5.74) is 1.11. The van der Waals surface area contributed by atoms with Crippen LogP contribution in [0.5, 0.6) is 5.75 Å². The zero-order valence-electron chi connectivity index (χ0n) is 14.2. The number of benzene rings is 1. The van der Waals surface area contributed by atoms with Crippen LogP contribution in [0.3, 0.4) is 0 Å². The SMILES string of the molecule is COc1cccc(Cc2nnc(NC(=O)CCC3CCNC3)s2)c1.Cl. The molecule has 0 saturated carbocycles. The molecule has 0 spiro atoms. The maximum absolute atomic E-state index is 12.0. The molecule has 1 amide bonds. The third-order valence-corrected chi connectivity index (χ3v) is 4.98. The largest absolute Gasteiger partial charge is 0.497 e. The third-order valence-electron chi connectivity index (χ3n) is 4.14. The average molecular weight is 383 g/mol. The van der Waals surface area contributed by atoms with Crippen molar-refractivity contribution in [2.24, 2.45) is 5.92 Å². The van der Waals surface area contributed by atoms with E-state index in [1.165, 1.54) is 11.3 Å². The predicted octanol–water partition coefficient (Wildman–Crippen LogP) is 2.89. The summed E-state index contributed by atoms with van der Waals surface area (Å²) >= 11 is 1.42. The Labute approximate surface area is 157 Å². The highest BCUT2D eigenvalue weighted by Crippen LogP contribution is 2.21. The maximum atomic E-state index is 12.0. The van der Waals surface area contributed by atoms with E-state index in [0.717, 1.165) is 42.3 Å². The molecule has 1 fully saturated rings. The van der Waals surface area contributed by atoms with Gasteiger partial charge in [0, 0.05) is 12.8 Å². The summed E-state index contributed by atoms with van der Waals surface area (Å²) in [6.45, 7) is 2.09. The fourth-order valence-corrected chi connectivity index (χ4v) is 3.60. The van der Waals surface area contributed by atoms with Gasteiger partial charge >= 0.3 is 0 Å². The molecule has 136 valence electrons. The summed E-state index contributed by atoms with van der Waals surface area (Å²) in [6, 6.07) is 7.87. The highest BCUT2D eigenvalue weighted by molar-refractivity contribution is 7.15. The Bertz CT molecular complexity index is 689. The standard InChI is InChI=1S/C17H22N4O2S.ClH/c1-23-14-4-2-3-13(9-14)10-16-20-21-17(24-16)19-15(22)6-5-12-7-8-18-11-12;/h2-4,9,12,18H,5-8,10-11H2,1H3,(H,19,21,22);1H. The molecule has 25 heavy (non-hydrogen) atoms. The summed E-state index contributed by atoms with van der Waals surface area (Å²) in [7, 11) is 1.65. The maximum Gasteiger partial charge on any atom is 0.226 e. The lowest BCUT2D eigenvalue weighted by Gasteiger charge is -2.06. The van der Waals surface area contributed by atoms with Crippen LogP contribution >= 0.6 is 23.7 Å². The van der Waals surface area contributed by atoms with Gasteiger partial charge in [-0.3, -0.25) is 4.79 Å². The first-order valence-corrected chi connectivity index (χ1v) is 9.00. The van der Waals surface area contributed by atoms with Crippen molar-refractivity contribution >= 4 is 34.8 Å². The van der Waals surface area contributed by atoms with Crippen molar-refractivity contribution in [1.29, 1.82) is 0 Å². The molecule has 3 rings (SSSR count). The van der Waals surface area contributed by atoms with Gasteiger partial charge in [0.25, 0.3) is 0 Å². The van der Waals surface area contributed by atoms with Gasteiger partial charge in [-0.05, 0) is 49.5 Å². The normalized spacial score (nSPS) is 16.3. The lowest BCUT2D eigenvalue weighted by atomic mass is 10.0. The second-order valence-electron chi connectivity index (χ2n) is 5.97. The molecular formula is C17H23ClN4O2S. The molecule has 1 aromatic heterocycles. The van der Waals surface area contributed by atoms with Crippen LogP contribution in [0.2, 0.25) is 0 Å². The number of hydrogen-bond acceptors (Lipinski definition) is 6. The molecule has 2 aromatic rings. The Morgan fingerprint density at radius 2 is 2.32 bits per heavy atom. The Balaban J connectivity index is 0.00000225. The number of hydrogen-bond donors (Lipinski definition) is 2. The Hall–Kier alpha value is -1.70. The smallest absolute Gasteiger partial charge is 0.226 e. The highest BCUT2D eigenvalue weighted by atomic mass is 35.5. The van der Waals surface area contributed by atoms with E-state index in [4.69, 9.17) is 4.74 Å². The molecule has 0 radical (unpaired) electrons. The van der Waals surface area contributed by atoms with Gasteiger partial charge < -0.3 is 15.4 Å². The minimum Gasteiger partial charge on any atom is -0.497 e. The highest BCUT2D eigenvalue weighted by Gasteiger charge is 2.16. The van der Waals surface area contributed by atoms with Crippen molar-refractivity contribution < 1.29 is 9.53 Å². The third kappa shape index (κ3) is 5.95. The molecule has 1 aliphatic heterocycles. The summed E-state index contributed by atoms with van der Waals surface area (Å²) in [6.07, 6.45) is 3.31. The van der Waals surface area contributed by atoms with Gasteiger partial charge in [-0.25, -0.2) is 0 Å². The van der Waals surface area contributed by atoms with E-state index in [0.29, 0.717) is 23.9 Å². The van der Waals surface area contributed by atoms with E-state index in [-0.39, 0.29) is 18.3 Å². The predicted molar refractivity (Wildman–Crippen MR) is 102 cm³/mol. The molecule has 1 aromatic carbocycles. The van der Waals surface area contributed by atoms with Crippen molar-refractivity contribution in [2.45, 2.75) is 25.7 Å². The minimum absolute atomic E-state index is 0. The van der Waals surface area contributed by atoms with E-state index in [9.17, 15) is 4.79 Å². The molecular weight excluding hydrogens is 360 g/mol. The lowest BCUT2D eigenvalue weighted by molar-refractivity contribution is -0.116. The number of nitrogens with zero attached hydrogens (tertiary/aromatic N) is 2. The second kappa shape index (κ2) is 9.70. The summed E-state index contributed by atoms with van der Waals surface area (Å²) < 4.78 is 5.23. The number of carbonyl (C=O) groups excluding carboxylic acids is 1. The van der Waals surface area contributed by atoms with E-state index in [2.05, 4.69) is 20.8 Å². The molecule has 2 heterocycles. The number of rotatable bonds is 7. The molecule has 8 heteroatoms. The first-order chi connectivity index (χ1) is 11.7. The van der Waals surface area contributed by atoms with Crippen molar-refractivity contribution in [3.63, 3.8) is 0 Å². The Morgan fingerprint density at radius 3 is 3.08 bits per heavy atom. The van der Waals surface area contributed by atoms with Crippen LogP contribution in [0.25, 0.3) is 0 Å². The molecule has 1 aliphatic rings. The van der Waals surface area contributed by atoms with Gasteiger partial charge in [0.1, 0.15) is 10.8 Å². The lowest BCUT2D eigenvalue weighted by Crippen LogP contribution is -2.14. The van der Waals surface area contributed by atoms with Crippen LogP contribution in [0, 0.1) is 5.92 Å². The molecule has 2 N–H and O–H groups in total. The molecule has 0 aliphatic carbocycles. The van der Waals surface area contributed by atoms with Crippen molar-refractivity contribution in [3.05, 3.63) is 34.8 Å². The number of aromatic nitrogens is 2. The van der Waals surface area contributed by atoms with Crippen molar-refractivity contribution in [1.82, 2.24) is 15.5 Å². The fraction of sp³-hybridized carbons (Fsp3) is 0.471. The number of halogens is 1. The van der Waals surface area contributed by atoms with Crippen molar-refractivity contribution in [2.75, 3.05) is 25.5 Å². The monoisotopic (exact) mass is 382 g/mol.